The highest BCUT2D eigenvalue weighted by molar-refractivity contribution is 6.30. The van der Waals surface area contributed by atoms with E-state index in [1.165, 1.54) is 5.56 Å². The Balaban J connectivity index is 1.90. The van der Waals surface area contributed by atoms with Gasteiger partial charge in [-0.1, -0.05) is 23.7 Å². The molecule has 0 heterocycles. The Hall–Kier alpha value is -1.87. The molecule has 0 spiro atoms. The van der Waals surface area contributed by atoms with Crippen LogP contribution in [0, 0.1) is 0 Å². The minimum atomic E-state index is 0.690. The van der Waals surface area contributed by atoms with Gasteiger partial charge in [0, 0.05) is 17.6 Å². The third-order valence-corrected chi connectivity index (χ3v) is 3.15. The molecule has 3 N–H and O–H groups in total. The molecule has 4 heteroatoms. The molecule has 0 saturated carbocycles. The summed E-state index contributed by atoms with van der Waals surface area (Å²) in [6.07, 6.45) is 0.919. The first-order valence-corrected chi connectivity index (χ1v) is 6.48. The number of halogens is 1. The van der Waals surface area contributed by atoms with Crippen LogP contribution in [0.15, 0.2) is 42.5 Å². The van der Waals surface area contributed by atoms with Crippen LogP contribution in [-0.2, 0) is 6.42 Å². The lowest BCUT2D eigenvalue weighted by molar-refractivity contribution is 0.415. The zero-order valence-corrected chi connectivity index (χ0v) is 11.6. The van der Waals surface area contributed by atoms with Gasteiger partial charge in [-0.05, 0) is 36.2 Å². The van der Waals surface area contributed by atoms with Gasteiger partial charge in [0.1, 0.15) is 5.75 Å². The van der Waals surface area contributed by atoms with Gasteiger partial charge < -0.3 is 15.8 Å². The second-order valence-electron chi connectivity index (χ2n) is 4.26. The van der Waals surface area contributed by atoms with E-state index < -0.39 is 0 Å². The highest BCUT2D eigenvalue weighted by Gasteiger charge is 2.00. The summed E-state index contributed by atoms with van der Waals surface area (Å²) in [5.41, 5.74) is 8.79. The standard InChI is InChI=1S/C15H17ClN2O/c1-19-13-6-7-15(14(17)10-13)18-9-8-11-2-4-12(16)5-3-11/h2-7,10,18H,8-9,17H2,1H3. The Kier molecular flexibility index (Phi) is 4.53. The molecule has 0 amide bonds. The van der Waals surface area contributed by atoms with Crippen molar-refractivity contribution in [2.75, 3.05) is 24.7 Å². The van der Waals surface area contributed by atoms with E-state index in [0.29, 0.717) is 5.69 Å². The maximum atomic E-state index is 5.94. The second-order valence-corrected chi connectivity index (χ2v) is 4.69. The molecule has 2 aromatic rings. The summed E-state index contributed by atoms with van der Waals surface area (Å²) in [7, 11) is 1.63. The van der Waals surface area contributed by atoms with Gasteiger partial charge in [-0.15, -0.1) is 0 Å². The monoisotopic (exact) mass is 276 g/mol. The van der Waals surface area contributed by atoms with Gasteiger partial charge in [0.15, 0.2) is 0 Å². The number of anilines is 2. The van der Waals surface area contributed by atoms with E-state index in [-0.39, 0.29) is 0 Å². The van der Waals surface area contributed by atoms with Crippen molar-refractivity contribution in [1.82, 2.24) is 0 Å². The van der Waals surface area contributed by atoms with Crippen molar-refractivity contribution in [1.29, 1.82) is 0 Å². The molecule has 19 heavy (non-hydrogen) atoms. The van der Waals surface area contributed by atoms with Crippen molar-refractivity contribution in [2.24, 2.45) is 0 Å². The van der Waals surface area contributed by atoms with Crippen LogP contribution in [-0.4, -0.2) is 13.7 Å². The molecule has 100 valence electrons. The SMILES string of the molecule is COc1ccc(NCCc2ccc(Cl)cc2)c(N)c1. The van der Waals surface area contributed by atoms with Crippen LogP contribution in [0.2, 0.25) is 5.02 Å². The molecule has 0 saturated heterocycles. The van der Waals surface area contributed by atoms with E-state index in [1.807, 2.05) is 42.5 Å². The van der Waals surface area contributed by atoms with Gasteiger partial charge in [-0.25, -0.2) is 0 Å². The predicted molar refractivity (Wildman–Crippen MR) is 81.1 cm³/mol. The topological polar surface area (TPSA) is 47.3 Å². The molecule has 0 aliphatic rings. The van der Waals surface area contributed by atoms with Crippen LogP contribution in [0.4, 0.5) is 11.4 Å². The predicted octanol–water partition coefficient (Wildman–Crippen LogP) is 3.59. The molecule has 0 bridgehead atoms. The van der Waals surface area contributed by atoms with E-state index in [9.17, 15) is 0 Å². The lowest BCUT2D eigenvalue weighted by Crippen LogP contribution is -2.06. The minimum absolute atomic E-state index is 0.690. The zero-order valence-electron chi connectivity index (χ0n) is 10.8. The lowest BCUT2D eigenvalue weighted by Gasteiger charge is -2.10. The van der Waals surface area contributed by atoms with Crippen LogP contribution in [0.25, 0.3) is 0 Å². The third kappa shape index (κ3) is 3.80. The van der Waals surface area contributed by atoms with Crippen LogP contribution in [0.3, 0.4) is 0 Å². The summed E-state index contributed by atoms with van der Waals surface area (Å²) in [6, 6.07) is 13.5. The molecule has 0 aromatic heterocycles. The molecule has 2 aromatic carbocycles. The summed E-state index contributed by atoms with van der Waals surface area (Å²) in [5.74, 6) is 0.765. The van der Waals surface area contributed by atoms with Gasteiger partial charge in [0.05, 0.1) is 18.5 Å². The summed E-state index contributed by atoms with van der Waals surface area (Å²) in [5, 5.41) is 4.07. The molecule has 3 nitrogen and oxygen atoms in total. The number of ether oxygens (including phenoxy) is 1. The highest BCUT2D eigenvalue weighted by Crippen LogP contribution is 2.23. The lowest BCUT2D eigenvalue weighted by atomic mass is 10.1. The number of nitrogens with two attached hydrogens (primary N) is 1. The number of methoxy groups -OCH3 is 1. The average molecular weight is 277 g/mol. The van der Waals surface area contributed by atoms with Crippen molar-refractivity contribution in [2.45, 2.75) is 6.42 Å². The largest absolute Gasteiger partial charge is 0.497 e. The van der Waals surface area contributed by atoms with Crippen LogP contribution in [0.1, 0.15) is 5.56 Å². The smallest absolute Gasteiger partial charge is 0.121 e. The fraction of sp³-hybridized carbons (Fsp3) is 0.200. The van der Waals surface area contributed by atoms with Crippen molar-refractivity contribution in [3.63, 3.8) is 0 Å². The van der Waals surface area contributed by atoms with Crippen molar-refractivity contribution in [3.05, 3.63) is 53.1 Å². The molecule has 2 rings (SSSR count). The molecular formula is C15H17ClN2O. The van der Waals surface area contributed by atoms with Gasteiger partial charge in [-0.3, -0.25) is 0 Å². The summed E-state index contributed by atoms with van der Waals surface area (Å²) in [4.78, 5) is 0. The number of benzene rings is 2. The molecule has 0 atom stereocenters. The Bertz CT molecular complexity index is 540. The molecule has 0 aliphatic carbocycles. The number of nitrogens with one attached hydrogen (secondary N) is 1. The molecule has 0 radical (unpaired) electrons. The maximum absolute atomic E-state index is 5.94. The van der Waals surface area contributed by atoms with E-state index in [0.717, 1.165) is 29.4 Å². The Morgan fingerprint density at radius 2 is 1.89 bits per heavy atom. The van der Waals surface area contributed by atoms with Crippen molar-refractivity contribution < 1.29 is 4.74 Å². The Morgan fingerprint density at radius 1 is 1.16 bits per heavy atom. The number of nitrogen functional groups attached to an aromatic ring is 1. The molecular weight excluding hydrogens is 260 g/mol. The molecule has 0 fully saturated rings. The molecule has 0 aliphatic heterocycles. The summed E-state index contributed by atoms with van der Waals surface area (Å²) >= 11 is 5.85. The quantitative estimate of drug-likeness (QED) is 0.821. The fourth-order valence-corrected chi connectivity index (χ4v) is 1.95. The van der Waals surface area contributed by atoms with E-state index >= 15 is 0 Å². The van der Waals surface area contributed by atoms with Crippen LogP contribution >= 0.6 is 11.6 Å². The Labute approximate surface area is 118 Å². The zero-order chi connectivity index (χ0) is 13.7. The van der Waals surface area contributed by atoms with Gasteiger partial charge in [0.25, 0.3) is 0 Å². The van der Waals surface area contributed by atoms with E-state index in [2.05, 4.69) is 5.32 Å². The minimum Gasteiger partial charge on any atom is -0.497 e. The second kappa shape index (κ2) is 6.34. The normalized spacial score (nSPS) is 10.2. The number of hydrogen-bond acceptors (Lipinski definition) is 3. The Morgan fingerprint density at radius 3 is 2.53 bits per heavy atom. The first-order chi connectivity index (χ1) is 9.19. The first-order valence-electron chi connectivity index (χ1n) is 6.11. The average Bonchev–Trinajstić information content (AvgIpc) is 2.42. The van der Waals surface area contributed by atoms with Crippen LogP contribution in [0.5, 0.6) is 5.75 Å². The van der Waals surface area contributed by atoms with Gasteiger partial charge >= 0.3 is 0 Å². The van der Waals surface area contributed by atoms with E-state index in [4.69, 9.17) is 22.1 Å². The highest BCUT2D eigenvalue weighted by atomic mass is 35.5. The summed E-state index contributed by atoms with van der Waals surface area (Å²) < 4.78 is 5.11. The van der Waals surface area contributed by atoms with Gasteiger partial charge in [0.2, 0.25) is 0 Å². The van der Waals surface area contributed by atoms with E-state index in [1.54, 1.807) is 7.11 Å². The van der Waals surface area contributed by atoms with Crippen LogP contribution < -0.4 is 15.8 Å². The van der Waals surface area contributed by atoms with Crippen molar-refractivity contribution in [3.8, 4) is 5.75 Å². The summed E-state index contributed by atoms with van der Waals surface area (Å²) in [6.45, 7) is 0.818. The third-order valence-electron chi connectivity index (χ3n) is 2.90. The number of hydrogen-bond donors (Lipinski definition) is 2. The van der Waals surface area contributed by atoms with Gasteiger partial charge in [-0.2, -0.15) is 0 Å². The fourth-order valence-electron chi connectivity index (χ4n) is 1.82. The first kappa shape index (κ1) is 13.6. The molecule has 0 unspecified atom stereocenters. The number of rotatable bonds is 5. The van der Waals surface area contributed by atoms with Crippen molar-refractivity contribution >= 4 is 23.0 Å². The maximum Gasteiger partial charge on any atom is 0.121 e.